The minimum absolute atomic E-state index is 0.196. The van der Waals surface area contributed by atoms with Gasteiger partial charge in [0.1, 0.15) is 5.75 Å². The molecule has 1 amide bonds. The maximum absolute atomic E-state index is 12.9. The van der Waals surface area contributed by atoms with E-state index in [1.807, 2.05) is 53.4 Å². The van der Waals surface area contributed by atoms with Crippen LogP contribution in [0, 0.1) is 0 Å². The predicted molar refractivity (Wildman–Crippen MR) is 113 cm³/mol. The summed E-state index contributed by atoms with van der Waals surface area (Å²) < 4.78 is 5.20. The number of methoxy groups -OCH3 is 1. The lowest BCUT2D eigenvalue weighted by molar-refractivity contribution is -0.132. The molecule has 0 spiro atoms. The Balaban J connectivity index is 1.60. The summed E-state index contributed by atoms with van der Waals surface area (Å²) in [5.74, 6) is 1.05. The fraction of sp³-hybridized carbons (Fsp3) is 0.240. The van der Waals surface area contributed by atoms with Gasteiger partial charge in [-0.25, -0.2) is 0 Å². The SMILES string of the molecule is COc1ccc(CCCC(=O)N(Cc2ccccc2)Cc2ccccc2)cc1. The smallest absolute Gasteiger partial charge is 0.223 e. The Morgan fingerprint density at radius 2 is 1.29 bits per heavy atom. The Kier molecular flexibility index (Phi) is 7.25. The Morgan fingerprint density at radius 3 is 1.79 bits per heavy atom. The monoisotopic (exact) mass is 373 g/mol. The molecule has 0 atom stereocenters. The van der Waals surface area contributed by atoms with Crippen molar-refractivity contribution in [1.29, 1.82) is 0 Å². The van der Waals surface area contributed by atoms with E-state index in [9.17, 15) is 4.79 Å². The van der Waals surface area contributed by atoms with Gasteiger partial charge in [-0.15, -0.1) is 0 Å². The molecule has 0 aliphatic rings. The van der Waals surface area contributed by atoms with Crippen LogP contribution >= 0.6 is 0 Å². The highest BCUT2D eigenvalue weighted by Gasteiger charge is 2.14. The second-order valence-corrected chi connectivity index (χ2v) is 6.92. The molecule has 0 aromatic heterocycles. The summed E-state index contributed by atoms with van der Waals surface area (Å²) in [4.78, 5) is 14.9. The Labute approximate surface area is 167 Å². The van der Waals surface area contributed by atoms with Crippen molar-refractivity contribution in [2.45, 2.75) is 32.4 Å². The highest BCUT2D eigenvalue weighted by Crippen LogP contribution is 2.15. The van der Waals surface area contributed by atoms with Crippen molar-refractivity contribution in [2.24, 2.45) is 0 Å². The average Bonchev–Trinajstić information content (AvgIpc) is 2.75. The zero-order valence-corrected chi connectivity index (χ0v) is 16.4. The molecule has 3 nitrogen and oxygen atoms in total. The molecule has 3 heteroatoms. The molecule has 0 unspecified atom stereocenters. The van der Waals surface area contributed by atoms with Crippen LogP contribution in [0.25, 0.3) is 0 Å². The number of hydrogen-bond donors (Lipinski definition) is 0. The zero-order chi connectivity index (χ0) is 19.6. The quantitative estimate of drug-likeness (QED) is 0.513. The van der Waals surface area contributed by atoms with Gasteiger partial charge in [0.05, 0.1) is 7.11 Å². The lowest BCUT2D eigenvalue weighted by atomic mass is 10.1. The second kappa shape index (κ2) is 10.3. The summed E-state index contributed by atoms with van der Waals surface area (Å²) in [5.41, 5.74) is 3.54. The largest absolute Gasteiger partial charge is 0.497 e. The Morgan fingerprint density at radius 1 is 0.750 bits per heavy atom. The van der Waals surface area contributed by atoms with Gasteiger partial charge in [-0.05, 0) is 41.7 Å². The van der Waals surface area contributed by atoms with Gasteiger partial charge in [-0.2, -0.15) is 0 Å². The lowest BCUT2D eigenvalue weighted by Gasteiger charge is -2.23. The Bertz CT molecular complexity index is 803. The van der Waals surface area contributed by atoms with Crippen LogP contribution in [0.3, 0.4) is 0 Å². The van der Waals surface area contributed by atoms with Gasteiger partial charge in [0.25, 0.3) is 0 Å². The van der Waals surface area contributed by atoms with Crippen LogP contribution in [0.5, 0.6) is 5.75 Å². The number of carbonyl (C=O) groups is 1. The number of nitrogens with zero attached hydrogens (tertiary/aromatic N) is 1. The Hall–Kier alpha value is -3.07. The first-order valence-electron chi connectivity index (χ1n) is 9.73. The second-order valence-electron chi connectivity index (χ2n) is 6.92. The van der Waals surface area contributed by atoms with Gasteiger partial charge < -0.3 is 9.64 Å². The predicted octanol–water partition coefficient (Wildman–Crippen LogP) is 5.25. The fourth-order valence-electron chi connectivity index (χ4n) is 3.23. The van der Waals surface area contributed by atoms with Crippen LogP contribution in [-0.4, -0.2) is 17.9 Å². The fourth-order valence-corrected chi connectivity index (χ4v) is 3.23. The van der Waals surface area contributed by atoms with E-state index in [4.69, 9.17) is 4.74 Å². The normalized spacial score (nSPS) is 10.5. The van der Waals surface area contributed by atoms with Gasteiger partial charge in [0.15, 0.2) is 0 Å². The number of hydrogen-bond acceptors (Lipinski definition) is 2. The van der Waals surface area contributed by atoms with Crippen molar-refractivity contribution in [3.8, 4) is 5.75 Å². The lowest BCUT2D eigenvalue weighted by Crippen LogP contribution is -2.30. The first-order valence-corrected chi connectivity index (χ1v) is 9.73. The summed E-state index contributed by atoms with van der Waals surface area (Å²) in [7, 11) is 1.67. The average molecular weight is 373 g/mol. The number of benzene rings is 3. The minimum atomic E-state index is 0.196. The van der Waals surface area contributed by atoms with Gasteiger partial charge in [0, 0.05) is 19.5 Å². The van der Waals surface area contributed by atoms with E-state index in [0.717, 1.165) is 29.7 Å². The molecule has 0 aliphatic carbocycles. The molecule has 0 bridgehead atoms. The van der Waals surface area contributed by atoms with E-state index in [-0.39, 0.29) is 5.91 Å². The zero-order valence-electron chi connectivity index (χ0n) is 16.4. The number of ether oxygens (including phenoxy) is 1. The molecule has 0 heterocycles. The molecule has 0 saturated carbocycles. The molecule has 3 rings (SSSR count). The van der Waals surface area contributed by atoms with Crippen LogP contribution in [0.2, 0.25) is 0 Å². The molecule has 0 saturated heterocycles. The van der Waals surface area contributed by atoms with Gasteiger partial charge in [0.2, 0.25) is 5.91 Å². The van der Waals surface area contributed by atoms with Gasteiger partial charge in [-0.3, -0.25) is 4.79 Å². The third-order valence-electron chi connectivity index (χ3n) is 4.80. The molecule has 3 aromatic carbocycles. The number of carbonyl (C=O) groups excluding carboxylic acids is 1. The summed E-state index contributed by atoms with van der Waals surface area (Å²) in [5, 5.41) is 0. The van der Waals surface area contributed by atoms with Crippen molar-refractivity contribution in [3.05, 3.63) is 102 Å². The van der Waals surface area contributed by atoms with Crippen molar-refractivity contribution < 1.29 is 9.53 Å². The number of aryl methyl sites for hydroxylation is 1. The third-order valence-corrected chi connectivity index (χ3v) is 4.80. The van der Waals surface area contributed by atoms with Crippen molar-refractivity contribution in [1.82, 2.24) is 4.90 Å². The topological polar surface area (TPSA) is 29.5 Å². The van der Waals surface area contributed by atoms with Gasteiger partial charge >= 0.3 is 0 Å². The van der Waals surface area contributed by atoms with Crippen LogP contribution in [0.4, 0.5) is 0 Å². The first kappa shape index (κ1) is 19.7. The van der Waals surface area contributed by atoms with Gasteiger partial charge in [-0.1, -0.05) is 72.8 Å². The van der Waals surface area contributed by atoms with Crippen molar-refractivity contribution in [3.63, 3.8) is 0 Å². The van der Waals surface area contributed by atoms with E-state index in [0.29, 0.717) is 19.5 Å². The molecule has 0 fully saturated rings. The van der Waals surface area contributed by atoms with Crippen molar-refractivity contribution >= 4 is 5.91 Å². The highest BCUT2D eigenvalue weighted by atomic mass is 16.5. The summed E-state index contributed by atoms with van der Waals surface area (Å²) >= 11 is 0. The van der Waals surface area contributed by atoms with Crippen LogP contribution in [0.15, 0.2) is 84.9 Å². The number of amides is 1. The van der Waals surface area contributed by atoms with Crippen LogP contribution in [0.1, 0.15) is 29.5 Å². The van der Waals surface area contributed by atoms with Crippen molar-refractivity contribution in [2.75, 3.05) is 7.11 Å². The van der Waals surface area contributed by atoms with E-state index in [2.05, 4.69) is 36.4 Å². The highest BCUT2D eigenvalue weighted by molar-refractivity contribution is 5.76. The van der Waals surface area contributed by atoms with E-state index in [1.165, 1.54) is 5.56 Å². The molecule has 3 aromatic rings. The standard InChI is InChI=1S/C25H27NO2/c1-28-24-17-15-21(16-18-24)13-8-14-25(27)26(19-22-9-4-2-5-10-22)20-23-11-6-3-7-12-23/h2-7,9-12,15-18H,8,13-14,19-20H2,1H3. The number of rotatable bonds is 9. The van der Waals surface area contributed by atoms with E-state index >= 15 is 0 Å². The first-order chi connectivity index (χ1) is 13.7. The molecule has 144 valence electrons. The van der Waals surface area contributed by atoms with E-state index in [1.54, 1.807) is 7.11 Å². The molecule has 28 heavy (non-hydrogen) atoms. The van der Waals surface area contributed by atoms with E-state index < -0.39 is 0 Å². The summed E-state index contributed by atoms with van der Waals surface area (Å²) in [6.45, 7) is 1.27. The minimum Gasteiger partial charge on any atom is -0.497 e. The molecular weight excluding hydrogens is 346 g/mol. The van der Waals surface area contributed by atoms with Crippen LogP contribution < -0.4 is 4.74 Å². The molecular formula is C25H27NO2. The summed E-state index contributed by atoms with van der Waals surface area (Å²) in [6, 6.07) is 28.4. The molecule has 0 radical (unpaired) electrons. The maximum atomic E-state index is 12.9. The molecule has 0 N–H and O–H groups in total. The van der Waals surface area contributed by atoms with Crippen LogP contribution in [-0.2, 0) is 24.3 Å². The molecule has 0 aliphatic heterocycles. The summed E-state index contributed by atoms with van der Waals surface area (Å²) in [6.07, 6.45) is 2.27. The third kappa shape index (κ3) is 5.98. The maximum Gasteiger partial charge on any atom is 0.223 e.